The molecule has 0 bridgehead atoms. The van der Waals surface area contributed by atoms with E-state index in [-0.39, 0.29) is 0 Å². The number of carbonyl (C=O) groups is 1. The Balaban J connectivity index is 3.35. The SMILES string of the molecule is O=C(O)C(O)c1cc(I)cnc1C(F)(F)F. The Morgan fingerprint density at radius 3 is 2.50 bits per heavy atom. The maximum Gasteiger partial charge on any atom is 0.433 e. The molecule has 0 aliphatic heterocycles. The van der Waals surface area contributed by atoms with Crippen LogP contribution in [-0.2, 0) is 11.0 Å². The van der Waals surface area contributed by atoms with Gasteiger partial charge in [-0.25, -0.2) is 4.79 Å². The van der Waals surface area contributed by atoms with Gasteiger partial charge in [-0.2, -0.15) is 13.2 Å². The van der Waals surface area contributed by atoms with Crippen LogP contribution in [0, 0.1) is 3.57 Å². The van der Waals surface area contributed by atoms with Crippen molar-refractivity contribution in [3.05, 3.63) is 27.1 Å². The molecule has 0 fully saturated rings. The topological polar surface area (TPSA) is 70.4 Å². The normalized spacial score (nSPS) is 13.6. The first-order valence-corrected chi connectivity index (χ1v) is 4.95. The van der Waals surface area contributed by atoms with Gasteiger partial charge in [0, 0.05) is 15.3 Å². The summed E-state index contributed by atoms with van der Waals surface area (Å²) in [6.07, 6.45) is -6.09. The summed E-state index contributed by atoms with van der Waals surface area (Å²) in [7, 11) is 0. The summed E-state index contributed by atoms with van der Waals surface area (Å²) in [5, 5.41) is 17.6. The van der Waals surface area contributed by atoms with Gasteiger partial charge in [0.2, 0.25) is 0 Å². The number of carboxylic acid groups (broad SMARTS) is 1. The lowest BCUT2D eigenvalue weighted by molar-refractivity contribution is -0.150. The van der Waals surface area contributed by atoms with Crippen LogP contribution < -0.4 is 0 Å². The molecule has 8 heteroatoms. The van der Waals surface area contributed by atoms with Gasteiger partial charge < -0.3 is 10.2 Å². The fourth-order valence-corrected chi connectivity index (χ4v) is 1.51. The predicted octanol–water partition coefficient (Wildman–Crippen LogP) is 1.82. The third kappa shape index (κ3) is 2.82. The first-order chi connectivity index (χ1) is 7.23. The van der Waals surface area contributed by atoms with E-state index in [2.05, 4.69) is 4.98 Å². The third-order valence-corrected chi connectivity index (χ3v) is 2.27. The number of carboxylic acids is 1. The number of rotatable bonds is 2. The molecule has 0 saturated heterocycles. The van der Waals surface area contributed by atoms with E-state index in [1.54, 1.807) is 22.6 Å². The fourth-order valence-electron chi connectivity index (χ4n) is 1.03. The van der Waals surface area contributed by atoms with E-state index in [1.165, 1.54) is 0 Å². The molecule has 1 aromatic rings. The average molecular weight is 347 g/mol. The van der Waals surface area contributed by atoms with Crippen molar-refractivity contribution in [2.24, 2.45) is 0 Å². The smallest absolute Gasteiger partial charge is 0.433 e. The highest BCUT2D eigenvalue weighted by Crippen LogP contribution is 2.33. The highest BCUT2D eigenvalue weighted by molar-refractivity contribution is 14.1. The van der Waals surface area contributed by atoms with E-state index < -0.39 is 29.5 Å². The van der Waals surface area contributed by atoms with Gasteiger partial charge in [-0.15, -0.1) is 0 Å². The molecule has 1 unspecified atom stereocenters. The average Bonchev–Trinajstić information content (AvgIpc) is 2.14. The summed E-state index contributed by atoms with van der Waals surface area (Å²) in [5.74, 6) is -1.76. The highest BCUT2D eigenvalue weighted by atomic mass is 127. The van der Waals surface area contributed by atoms with Crippen LogP contribution >= 0.6 is 22.6 Å². The molecular formula is C8H5F3INO3. The number of pyridine rings is 1. The zero-order chi connectivity index (χ0) is 12.5. The summed E-state index contributed by atoms with van der Waals surface area (Å²) in [6, 6.07) is 0.940. The van der Waals surface area contributed by atoms with Crippen LogP contribution in [0.5, 0.6) is 0 Å². The first kappa shape index (κ1) is 13.2. The quantitative estimate of drug-likeness (QED) is 0.801. The predicted molar refractivity (Wildman–Crippen MR) is 54.6 cm³/mol. The molecule has 0 saturated carbocycles. The van der Waals surface area contributed by atoms with Crippen molar-refractivity contribution in [1.82, 2.24) is 4.98 Å². The molecular weight excluding hydrogens is 342 g/mol. The molecule has 4 nitrogen and oxygen atoms in total. The van der Waals surface area contributed by atoms with Gasteiger partial charge in [0.1, 0.15) is 0 Å². The molecule has 0 aliphatic carbocycles. The van der Waals surface area contributed by atoms with Gasteiger partial charge in [-0.05, 0) is 28.7 Å². The Morgan fingerprint density at radius 2 is 2.06 bits per heavy atom. The van der Waals surface area contributed by atoms with Crippen molar-refractivity contribution >= 4 is 28.6 Å². The van der Waals surface area contributed by atoms with E-state index in [0.29, 0.717) is 3.57 Å². The number of aliphatic hydroxyl groups is 1. The van der Waals surface area contributed by atoms with Crippen molar-refractivity contribution in [3.63, 3.8) is 0 Å². The Kier molecular flexibility index (Phi) is 3.73. The van der Waals surface area contributed by atoms with E-state index in [1.807, 2.05) is 0 Å². The van der Waals surface area contributed by atoms with Gasteiger partial charge in [0.05, 0.1) is 0 Å². The third-order valence-electron chi connectivity index (χ3n) is 1.68. The molecule has 0 aliphatic rings. The monoisotopic (exact) mass is 347 g/mol. The Bertz CT molecular complexity index is 421. The molecule has 1 atom stereocenters. The van der Waals surface area contributed by atoms with Crippen molar-refractivity contribution in [1.29, 1.82) is 0 Å². The number of nitrogens with zero attached hydrogens (tertiary/aromatic N) is 1. The van der Waals surface area contributed by atoms with Crippen LogP contribution in [0.4, 0.5) is 13.2 Å². The van der Waals surface area contributed by atoms with Gasteiger partial charge in [-0.1, -0.05) is 0 Å². The number of aliphatic hydroxyl groups excluding tert-OH is 1. The van der Waals surface area contributed by atoms with Crippen LogP contribution in [0.15, 0.2) is 12.3 Å². The fraction of sp³-hybridized carbons (Fsp3) is 0.250. The lowest BCUT2D eigenvalue weighted by atomic mass is 10.1. The van der Waals surface area contributed by atoms with Crippen molar-refractivity contribution in [2.75, 3.05) is 0 Å². The summed E-state index contributed by atoms with van der Waals surface area (Å²) in [5.41, 5.74) is -2.14. The molecule has 2 N–H and O–H groups in total. The van der Waals surface area contributed by atoms with Gasteiger partial charge in [0.25, 0.3) is 0 Å². The molecule has 88 valence electrons. The van der Waals surface area contributed by atoms with E-state index >= 15 is 0 Å². The van der Waals surface area contributed by atoms with Crippen molar-refractivity contribution < 1.29 is 28.2 Å². The molecule has 0 amide bonds. The van der Waals surface area contributed by atoms with Crippen LogP contribution in [0.3, 0.4) is 0 Å². The van der Waals surface area contributed by atoms with Crippen molar-refractivity contribution in [3.8, 4) is 0 Å². The zero-order valence-corrected chi connectivity index (χ0v) is 9.65. The molecule has 0 radical (unpaired) electrons. The number of aliphatic carboxylic acids is 1. The lowest BCUT2D eigenvalue weighted by Gasteiger charge is -2.13. The standard InChI is InChI=1S/C8H5F3INO3/c9-8(10,11)6-4(5(14)7(15)16)1-3(12)2-13-6/h1-2,5,14H,(H,15,16). The van der Waals surface area contributed by atoms with Gasteiger partial charge >= 0.3 is 12.1 Å². The van der Waals surface area contributed by atoms with E-state index in [9.17, 15) is 18.0 Å². The largest absolute Gasteiger partial charge is 0.479 e. The van der Waals surface area contributed by atoms with Crippen LogP contribution in [0.25, 0.3) is 0 Å². The van der Waals surface area contributed by atoms with Crippen LogP contribution in [0.1, 0.15) is 17.4 Å². The second kappa shape index (κ2) is 4.53. The molecule has 0 spiro atoms. The number of hydrogen-bond acceptors (Lipinski definition) is 3. The first-order valence-electron chi connectivity index (χ1n) is 3.87. The van der Waals surface area contributed by atoms with Crippen molar-refractivity contribution in [2.45, 2.75) is 12.3 Å². The second-order valence-corrected chi connectivity index (χ2v) is 4.08. The van der Waals surface area contributed by atoms with Gasteiger partial charge in [0.15, 0.2) is 11.8 Å². The highest BCUT2D eigenvalue weighted by Gasteiger charge is 2.38. The van der Waals surface area contributed by atoms with Crippen LogP contribution in [0.2, 0.25) is 0 Å². The maximum absolute atomic E-state index is 12.4. The zero-order valence-electron chi connectivity index (χ0n) is 7.49. The minimum absolute atomic E-state index is 0.306. The molecule has 16 heavy (non-hydrogen) atoms. The lowest BCUT2D eigenvalue weighted by Crippen LogP contribution is -2.19. The molecule has 1 aromatic heterocycles. The molecule has 1 heterocycles. The Labute approximate surface area is 101 Å². The summed E-state index contributed by atoms with van der Waals surface area (Å²) >= 11 is 1.67. The molecule has 1 rings (SSSR count). The summed E-state index contributed by atoms with van der Waals surface area (Å²) < 4.78 is 37.6. The van der Waals surface area contributed by atoms with Crippen LogP contribution in [-0.4, -0.2) is 21.2 Å². The Morgan fingerprint density at radius 1 is 1.50 bits per heavy atom. The number of hydrogen-bond donors (Lipinski definition) is 2. The number of alkyl halides is 3. The van der Waals surface area contributed by atoms with E-state index in [0.717, 1.165) is 12.3 Å². The van der Waals surface area contributed by atoms with E-state index in [4.69, 9.17) is 10.2 Å². The Hall–Kier alpha value is -0.900. The maximum atomic E-state index is 12.4. The summed E-state index contributed by atoms with van der Waals surface area (Å²) in [4.78, 5) is 13.5. The summed E-state index contributed by atoms with van der Waals surface area (Å²) in [6.45, 7) is 0. The molecule has 0 aromatic carbocycles. The minimum Gasteiger partial charge on any atom is -0.479 e. The van der Waals surface area contributed by atoms with Gasteiger partial charge in [-0.3, -0.25) is 4.98 Å². The number of halogens is 4. The second-order valence-electron chi connectivity index (χ2n) is 2.83. The minimum atomic E-state index is -4.80. The number of aromatic nitrogens is 1.